The van der Waals surface area contributed by atoms with Gasteiger partial charge in [-0.3, -0.25) is 4.79 Å². The van der Waals surface area contributed by atoms with Crippen molar-refractivity contribution in [3.63, 3.8) is 0 Å². The zero-order chi connectivity index (χ0) is 9.42. The average Bonchev–Trinajstić information content (AvgIpc) is 2.12. The number of aromatic amines is 1. The van der Waals surface area contributed by atoms with E-state index in [4.69, 9.17) is 0 Å². The fourth-order valence-electron chi connectivity index (χ4n) is 1.10. The lowest BCUT2D eigenvalue weighted by Crippen LogP contribution is -2.08. The smallest absolute Gasteiger partial charge is 0.267 e. The lowest BCUT2D eigenvalue weighted by molar-refractivity contribution is 0.629. The van der Waals surface area contributed by atoms with E-state index < -0.39 is 11.4 Å². The second kappa shape index (κ2) is 2.92. The predicted molar refractivity (Wildman–Crippen MR) is 50.0 cm³/mol. The molecule has 66 valence electrons. The maximum atomic E-state index is 12.8. The molecule has 0 spiro atoms. The summed E-state index contributed by atoms with van der Waals surface area (Å²) in [4.78, 5) is 11.2. The summed E-state index contributed by atoms with van der Waals surface area (Å²) in [5.41, 5.74) is -0.391. The maximum Gasteiger partial charge on any atom is 0.272 e. The molecule has 0 unspecified atom stereocenters. The molecule has 1 aromatic carbocycles. The minimum atomic E-state index is -0.434. The Labute approximate surface area is 80.7 Å². The molecule has 2 rings (SSSR count). The van der Waals surface area contributed by atoms with E-state index in [0.717, 1.165) is 0 Å². The normalized spacial score (nSPS) is 10.6. The quantitative estimate of drug-likeness (QED) is 0.767. The van der Waals surface area contributed by atoms with Crippen LogP contribution in [0.15, 0.2) is 27.6 Å². The third-order valence-electron chi connectivity index (χ3n) is 1.70. The van der Waals surface area contributed by atoms with Crippen LogP contribution in [0.5, 0.6) is 0 Å². The van der Waals surface area contributed by atoms with E-state index in [-0.39, 0.29) is 0 Å². The van der Waals surface area contributed by atoms with E-state index >= 15 is 0 Å². The Hall–Kier alpha value is -1.23. The van der Waals surface area contributed by atoms with Crippen LogP contribution in [0.2, 0.25) is 0 Å². The average molecular weight is 243 g/mol. The van der Waals surface area contributed by atoms with E-state index in [0.29, 0.717) is 15.4 Å². The van der Waals surface area contributed by atoms with Crippen LogP contribution in [-0.4, -0.2) is 10.2 Å². The van der Waals surface area contributed by atoms with Crippen molar-refractivity contribution in [1.29, 1.82) is 0 Å². The number of fused-ring (bicyclic) bond motifs is 1. The highest BCUT2D eigenvalue weighted by Gasteiger charge is 2.04. The Kier molecular flexibility index (Phi) is 1.88. The molecule has 3 nitrogen and oxygen atoms in total. The van der Waals surface area contributed by atoms with Gasteiger partial charge in [0.25, 0.3) is 5.56 Å². The van der Waals surface area contributed by atoms with Crippen LogP contribution in [0.25, 0.3) is 10.8 Å². The lowest BCUT2D eigenvalue weighted by Gasteiger charge is -1.97. The van der Waals surface area contributed by atoms with Crippen molar-refractivity contribution in [2.24, 2.45) is 0 Å². The number of nitrogens with one attached hydrogen (secondary N) is 1. The second-order valence-corrected chi connectivity index (χ2v) is 3.28. The van der Waals surface area contributed by atoms with Gasteiger partial charge in [0.2, 0.25) is 0 Å². The lowest BCUT2D eigenvalue weighted by atomic mass is 10.2. The van der Waals surface area contributed by atoms with Gasteiger partial charge in [0.15, 0.2) is 0 Å². The molecule has 0 saturated carbocycles. The number of aromatic nitrogens is 2. The molecule has 0 saturated heterocycles. The maximum absolute atomic E-state index is 12.8. The molecule has 0 radical (unpaired) electrons. The minimum absolute atomic E-state index is 0.293. The van der Waals surface area contributed by atoms with Gasteiger partial charge in [-0.05, 0) is 34.1 Å². The summed E-state index contributed by atoms with van der Waals surface area (Å²) in [5.74, 6) is -0.434. The van der Waals surface area contributed by atoms with Crippen LogP contribution >= 0.6 is 15.9 Å². The number of nitrogens with zero attached hydrogens (tertiary/aromatic N) is 1. The van der Waals surface area contributed by atoms with Gasteiger partial charge in [-0.15, -0.1) is 0 Å². The molecule has 0 bridgehead atoms. The van der Waals surface area contributed by atoms with Gasteiger partial charge in [0, 0.05) is 5.39 Å². The van der Waals surface area contributed by atoms with Gasteiger partial charge < -0.3 is 0 Å². The molecular formula is C8H4BrFN2O. The first kappa shape index (κ1) is 8.37. The Morgan fingerprint density at radius 3 is 2.92 bits per heavy atom. The summed E-state index contributed by atoms with van der Waals surface area (Å²) in [6.07, 6.45) is 0. The van der Waals surface area contributed by atoms with Crippen molar-refractivity contribution in [2.75, 3.05) is 0 Å². The molecule has 5 heteroatoms. The summed E-state index contributed by atoms with van der Waals surface area (Å²) in [5, 5.41) is 6.84. The molecule has 0 atom stereocenters. The molecule has 0 aliphatic heterocycles. The minimum Gasteiger partial charge on any atom is -0.267 e. The monoisotopic (exact) mass is 242 g/mol. The van der Waals surface area contributed by atoms with Gasteiger partial charge >= 0.3 is 0 Å². The molecular weight excluding hydrogens is 239 g/mol. The first-order valence-electron chi connectivity index (χ1n) is 3.52. The second-order valence-electron chi connectivity index (χ2n) is 2.53. The van der Waals surface area contributed by atoms with Crippen molar-refractivity contribution in [1.82, 2.24) is 10.2 Å². The Balaban J connectivity index is 3.01. The first-order chi connectivity index (χ1) is 6.18. The molecule has 1 N–H and O–H groups in total. The Morgan fingerprint density at radius 2 is 2.15 bits per heavy atom. The zero-order valence-electron chi connectivity index (χ0n) is 6.34. The number of H-pyrrole nitrogens is 1. The fourth-order valence-corrected chi connectivity index (χ4v) is 1.54. The van der Waals surface area contributed by atoms with Crippen LogP contribution in [0.1, 0.15) is 0 Å². The number of benzene rings is 1. The fraction of sp³-hybridized carbons (Fsp3) is 0. The molecule has 2 aromatic rings. The van der Waals surface area contributed by atoms with Crippen molar-refractivity contribution in [3.05, 3.63) is 39.0 Å². The van der Waals surface area contributed by atoms with Gasteiger partial charge in [-0.2, -0.15) is 5.10 Å². The Bertz CT molecular complexity index is 523. The highest BCUT2D eigenvalue weighted by atomic mass is 79.9. The molecule has 1 aromatic heterocycles. The van der Waals surface area contributed by atoms with E-state index in [9.17, 15) is 9.18 Å². The highest BCUT2D eigenvalue weighted by molar-refractivity contribution is 9.10. The number of hydrogen-bond donors (Lipinski definition) is 1. The highest BCUT2D eigenvalue weighted by Crippen LogP contribution is 2.18. The zero-order valence-corrected chi connectivity index (χ0v) is 7.93. The molecule has 0 aliphatic rings. The standard InChI is InChI=1S/C8H4BrFN2O/c9-7-5-2-1-4(10)3-6(5)8(13)12-11-7/h1-3H,(H,12,13). The predicted octanol–water partition coefficient (Wildman–Crippen LogP) is 1.82. The van der Waals surface area contributed by atoms with Crippen LogP contribution in [-0.2, 0) is 0 Å². The van der Waals surface area contributed by atoms with Gasteiger partial charge in [0.1, 0.15) is 10.4 Å². The van der Waals surface area contributed by atoms with Gasteiger partial charge in [0.05, 0.1) is 5.39 Å². The third-order valence-corrected chi connectivity index (χ3v) is 2.31. The van der Waals surface area contributed by atoms with E-state index in [1.54, 1.807) is 0 Å². The SMILES string of the molecule is O=c1[nH]nc(Br)c2ccc(F)cc12. The van der Waals surface area contributed by atoms with E-state index in [2.05, 4.69) is 26.1 Å². The summed E-state index contributed by atoms with van der Waals surface area (Å²) >= 11 is 3.15. The van der Waals surface area contributed by atoms with Crippen LogP contribution in [0.4, 0.5) is 4.39 Å². The van der Waals surface area contributed by atoms with Gasteiger partial charge in [-0.1, -0.05) is 0 Å². The molecule has 0 fully saturated rings. The van der Waals surface area contributed by atoms with E-state index in [1.165, 1.54) is 18.2 Å². The third kappa shape index (κ3) is 1.35. The topological polar surface area (TPSA) is 45.8 Å². The summed E-state index contributed by atoms with van der Waals surface area (Å²) in [6.45, 7) is 0. The summed E-state index contributed by atoms with van der Waals surface area (Å²) in [7, 11) is 0. The van der Waals surface area contributed by atoms with Crippen molar-refractivity contribution in [2.45, 2.75) is 0 Å². The summed E-state index contributed by atoms with van der Waals surface area (Å²) in [6, 6.07) is 3.98. The number of rotatable bonds is 0. The van der Waals surface area contributed by atoms with Crippen LogP contribution in [0, 0.1) is 5.82 Å². The molecule has 1 heterocycles. The van der Waals surface area contributed by atoms with Crippen LogP contribution in [0.3, 0.4) is 0 Å². The van der Waals surface area contributed by atoms with Gasteiger partial charge in [-0.25, -0.2) is 9.49 Å². The molecule has 0 amide bonds. The van der Waals surface area contributed by atoms with E-state index in [1.807, 2.05) is 0 Å². The van der Waals surface area contributed by atoms with Crippen molar-refractivity contribution >= 4 is 26.7 Å². The van der Waals surface area contributed by atoms with Crippen molar-refractivity contribution < 1.29 is 4.39 Å². The largest absolute Gasteiger partial charge is 0.272 e. The number of halogens is 2. The Morgan fingerprint density at radius 1 is 1.38 bits per heavy atom. The molecule has 13 heavy (non-hydrogen) atoms. The first-order valence-corrected chi connectivity index (χ1v) is 4.31. The van der Waals surface area contributed by atoms with Crippen LogP contribution < -0.4 is 5.56 Å². The van der Waals surface area contributed by atoms with Crippen molar-refractivity contribution in [3.8, 4) is 0 Å². The molecule has 0 aliphatic carbocycles. The number of hydrogen-bond acceptors (Lipinski definition) is 2. The summed E-state index contributed by atoms with van der Waals surface area (Å²) < 4.78 is 13.3.